The Hall–Kier alpha value is -2.83. The van der Waals surface area contributed by atoms with Gasteiger partial charge in [-0.25, -0.2) is 4.39 Å². The summed E-state index contributed by atoms with van der Waals surface area (Å²) < 4.78 is 17.7. The minimum absolute atomic E-state index is 0.0474. The van der Waals surface area contributed by atoms with Gasteiger partial charge in [0.25, 0.3) is 0 Å². The van der Waals surface area contributed by atoms with Crippen LogP contribution in [0, 0.1) is 17.7 Å². The van der Waals surface area contributed by atoms with Crippen molar-refractivity contribution in [3.05, 3.63) is 47.8 Å². The van der Waals surface area contributed by atoms with Crippen LogP contribution in [0.3, 0.4) is 0 Å². The summed E-state index contributed by atoms with van der Waals surface area (Å²) in [5.41, 5.74) is 0.237. The first-order chi connectivity index (χ1) is 12.5. The fourth-order valence-electron chi connectivity index (χ4n) is 3.23. The zero-order valence-corrected chi connectivity index (χ0v) is 14.0. The number of fused-ring (bicyclic) bond motifs is 1. The molecule has 0 radical (unpaired) electrons. The highest BCUT2D eigenvalue weighted by Gasteiger charge is 2.46. The standard InChI is InChI=1S/C19H18FNO5/c20-13-7-5-12(6-8-13)16(22)11-26-17(23)9-10-21-18(24)14-3-1-2-4-15(14)19(21)25/h1-2,5-8,14-15H,3-4,9-11H2/t14-,15-/m0/s1. The summed E-state index contributed by atoms with van der Waals surface area (Å²) in [6.45, 7) is -0.518. The van der Waals surface area contributed by atoms with Crippen molar-refractivity contribution < 1.29 is 28.3 Å². The number of nitrogens with zero attached hydrogens (tertiary/aromatic N) is 1. The number of amides is 2. The number of allylic oxidation sites excluding steroid dienone is 2. The summed E-state index contributed by atoms with van der Waals surface area (Å²) in [6.07, 6.45) is 4.71. The number of carbonyl (C=O) groups is 4. The monoisotopic (exact) mass is 359 g/mol. The first kappa shape index (κ1) is 18.0. The van der Waals surface area contributed by atoms with E-state index in [4.69, 9.17) is 4.74 Å². The van der Waals surface area contributed by atoms with Crippen molar-refractivity contribution in [2.45, 2.75) is 19.3 Å². The predicted octanol–water partition coefficient (Wildman–Crippen LogP) is 1.89. The molecule has 0 bridgehead atoms. The van der Waals surface area contributed by atoms with Gasteiger partial charge in [0.15, 0.2) is 12.4 Å². The van der Waals surface area contributed by atoms with Gasteiger partial charge in [-0.15, -0.1) is 0 Å². The summed E-state index contributed by atoms with van der Waals surface area (Å²) in [5, 5.41) is 0. The van der Waals surface area contributed by atoms with Gasteiger partial charge >= 0.3 is 5.97 Å². The first-order valence-electron chi connectivity index (χ1n) is 8.42. The molecule has 26 heavy (non-hydrogen) atoms. The van der Waals surface area contributed by atoms with Crippen LogP contribution < -0.4 is 0 Å². The Morgan fingerprint density at radius 1 is 1.04 bits per heavy atom. The summed E-state index contributed by atoms with van der Waals surface area (Å²) in [6, 6.07) is 4.91. The molecule has 136 valence electrons. The lowest BCUT2D eigenvalue weighted by Crippen LogP contribution is -2.33. The van der Waals surface area contributed by atoms with Crippen LogP contribution >= 0.6 is 0 Å². The number of rotatable bonds is 6. The number of Topliss-reactive ketones (excluding diaryl/α,β-unsaturated/α-hetero) is 1. The Morgan fingerprint density at radius 3 is 2.19 bits per heavy atom. The van der Waals surface area contributed by atoms with E-state index < -0.39 is 24.2 Å². The minimum Gasteiger partial charge on any atom is -0.457 e. The van der Waals surface area contributed by atoms with Gasteiger partial charge in [0.1, 0.15) is 5.82 Å². The molecule has 1 fully saturated rings. The van der Waals surface area contributed by atoms with E-state index in [-0.39, 0.29) is 42.2 Å². The summed E-state index contributed by atoms with van der Waals surface area (Å²) in [7, 11) is 0. The molecular formula is C19H18FNO5. The Kier molecular flexibility index (Phi) is 5.25. The van der Waals surface area contributed by atoms with Crippen molar-refractivity contribution in [3.8, 4) is 0 Å². The summed E-state index contributed by atoms with van der Waals surface area (Å²) >= 11 is 0. The molecule has 1 aliphatic heterocycles. The first-order valence-corrected chi connectivity index (χ1v) is 8.42. The molecule has 0 saturated carbocycles. The molecule has 0 aromatic heterocycles. The number of halogens is 1. The lowest BCUT2D eigenvalue weighted by Gasteiger charge is -2.14. The van der Waals surface area contributed by atoms with E-state index in [0.717, 1.165) is 17.0 Å². The van der Waals surface area contributed by atoms with Crippen molar-refractivity contribution in [1.82, 2.24) is 4.90 Å². The molecule has 1 heterocycles. The number of ether oxygens (including phenoxy) is 1. The van der Waals surface area contributed by atoms with Gasteiger partial charge in [-0.2, -0.15) is 0 Å². The van der Waals surface area contributed by atoms with Crippen molar-refractivity contribution >= 4 is 23.6 Å². The Balaban J connectivity index is 1.47. The van der Waals surface area contributed by atoms with Gasteiger partial charge in [-0.3, -0.25) is 24.1 Å². The van der Waals surface area contributed by atoms with Crippen LogP contribution in [0.4, 0.5) is 4.39 Å². The maximum Gasteiger partial charge on any atom is 0.308 e. The Bertz CT molecular complexity index is 745. The van der Waals surface area contributed by atoms with Crippen LogP contribution in [-0.4, -0.2) is 41.6 Å². The lowest BCUT2D eigenvalue weighted by molar-refractivity contribution is -0.145. The molecule has 2 atom stereocenters. The number of esters is 1. The molecule has 2 amide bonds. The predicted molar refractivity (Wildman–Crippen MR) is 88.4 cm³/mol. The average molecular weight is 359 g/mol. The smallest absolute Gasteiger partial charge is 0.308 e. The van der Waals surface area contributed by atoms with Crippen LogP contribution in [0.15, 0.2) is 36.4 Å². The number of benzene rings is 1. The van der Waals surface area contributed by atoms with E-state index in [2.05, 4.69) is 0 Å². The van der Waals surface area contributed by atoms with E-state index in [1.165, 1.54) is 12.1 Å². The van der Waals surface area contributed by atoms with E-state index in [1.807, 2.05) is 12.2 Å². The van der Waals surface area contributed by atoms with E-state index in [0.29, 0.717) is 12.8 Å². The van der Waals surface area contributed by atoms with Gasteiger partial charge in [0, 0.05) is 12.1 Å². The molecule has 0 spiro atoms. The molecule has 1 saturated heterocycles. The molecule has 1 aromatic carbocycles. The quantitative estimate of drug-likeness (QED) is 0.335. The second kappa shape index (κ2) is 7.59. The number of carbonyl (C=O) groups excluding carboxylic acids is 4. The highest BCUT2D eigenvalue weighted by molar-refractivity contribution is 6.05. The average Bonchev–Trinajstić information content (AvgIpc) is 2.89. The highest BCUT2D eigenvalue weighted by atomic mass is 19.1. The third-order valence-corrected chi connectivity index (χ3v) is 4.67. The number of imide groups is 1. The van der Waals surface area contributed by atoms with E-state index in [9.17, 15) is 23.6 Å². The van der Waals surface area contributed by atoms with E-state index in [1.54, 1.807) is 0 Å². The normalized spacial score (nSPS) is 21.7. The van der Waals surface area contributed by atoms with Gasteiger partial charge in [-0.05, 0) is 37.1 Å². The Morgan fingerprint density at radius 2 is 1.62 bits per heavy atom. The van der Waals surface area contributed by atoms with Gasteiger partial charge in [-0.1, -0.05) is 12.2 Å². The molecule has 1 aliphatic carbocycles. The SMILES string of the molecule is O=C(CCN1C(=O)[C@H]2CC=CC[C@@H]2C1=O)OCC(=O)c1ccc(F)cc1. The maximum atomic E-state index is 12.8. The third kappa shape index (κ3) is 3.71. The van der Waals surface area contributed by atoms with Crippen LogP contribution in [-0.2, 0) is 19.1 Å². The largest absolute Gasteiger partial charge is 0.457 e. The van der Waals surface area contributed by atoms with Crippen molar-refractivity contribution in [1.29, 1.82) is 0 Å². The second-order valence-corrected chi connectivity index (χ2v) is 6.32. The van der Waals surface area contributed by atoms with Gasteiger partial charge in [0.05, 0.1) is 18.3 Å². The maximum absolute atomic E-state index is 12.8. The van der Waals surface area contributed by atoms with Crippen LogP contribution in [0.1, 0.15) is 29.6 Å². The number of ketones is 1. The van der Waals surface area contributed by atoms with Crippen molar-refractivity contribution in [2.75, 3.05) is 13.2 Å². The van der Waals surface area contributed by atoms with Crippen LogP contribution in [0.2, 0.25) is 0 Å². The number of likely N-dealkylation sites (tertiary alicyclic amines) is 1. The molecule has 0 unspecified atom stereocenters. The molecule has 3 rings (SSSR count). The fourth-order valence-corrected chi connectivity index (χ4v) is 3.23. The van der Waals surface area contributed by atoms with Crippen molar-refractivity contribution in [3.63, 3.8) is 0 Å². The molecule has 0 N–H and O–H groups in total. The molecule has 6 nitrogen and oxygen atoms in total. The number of hydrogen-bond donors (Lipinski definition) is 0. The van der Waals surface area contributed by atoms with E-state index >= 15 is 0 Å². The minimum atomic E-state index is -0.672. The third-order valence-electron chi connectivity index (χ3n) is 4.67. The molecule has 1 aromatic rings. The second-order valence-electron chi connectivity index (χ2n) is 6.32. The molecule has 7 heteroatoms. The number of hydrogen-bond acceptors (Lipinski definition) is 5. The van der Waals surface area contributed by atoms with Crippen LogP contribution in [0.5, 0.6) is 0 Å². The zero-order valence-electron chi connectivity index (χ0n) is 14.0. The van der Waals surface area contributed by atoms with Gasteiger partial charge in [0.2, 0.25) is 11.8 Å². The summed E-state index contributed by atoms with van der Waals surface area (Å²) in [5.74, 6) is -2.75. The van der Waals surface area contributed by atoms with Crippen molar-refractivity contribution in [2.24, 2.45) is 11.8 Å². The lowest BCUT2D eigenvalue weighted by atomic mass is 9.85. The summed E-state index contributed by atoms with van der Waals surface area (Å²) in [4.78, 5) is 49.4. The molecular weight excluding hydrogens is 341 g/mol. The fraction of sp³-hybridized carbons (Fsp3) is 0.368. The Labute approximate surface area is 149 Å². The topological polar surface area (TPSA) is 80.8 Å². The highest BCUT2D eigenvalue weighted by Crippen LogP contribution is 2.34. The molecule has 2 aliphatic rings. The van der Waals surface area contributed by atoms with Crippen LogP contribution in [0.25, 0.3) is 0 Å². The van der Waals surface area contributed by atoms with Gasteiger partial charge < -0.3 is 4.74 Å². The zero-order chi connectivity index (χ0) is 18.7.